The smallest absolute Gasteiger partial charge is 0.224 e. The minimum absolute atomic E-state index is 0. The first-order chi connectivity index (χ1) is 7.37. The molecule has 1 saturated carbocycles. The van der Waals surface area contributed by atoms with Gasteiger partial charge in [0, 0.05) is 12.6 Å². The lowest BCUT2D eigenvalue weighted by molar-refractivity contribution is -0.125. The Morgan fingerprint density at radius 3 is 2.24 bits per heavy atom. The molecule has 2 rings (SSSR count). The first-order valence-corrected chi connectivity index (χ1v) is 6.38. The third kappa shape index (κ3) is 2.45. The van der Waals surface area contributed by atoms with Crippen LogP contribution in [0.15, 0.2) is 0 Å². The van der Waals surface area contributed by atoms with Gasteiger partial charge in [-0.15, -0.1) is 12.4 Å². The van der Waals surface area contributed by atoms with Crippen molar-refractivity contribution >= 4 is 18.3 Å². The van der Waals surface area contributed by atoms with Gasteiger partial charge in [0.15, 0.2) is 0 Å². The molecule has 2 aliphatic rings. The van der Waals surface area contributed by atoms with Crippen molar-refractivity contribution in [3.8, 4) is 0 Å². The van der Waals surface area contributed by atoms with E-state index in [9.17, 15) is 4.79 Å². The van der Waals surface area contributed by atoms with E-state index < -0.39 is 0 Å². The fourth-order valence-corrected chi connectivity index (χ4v) is 2.89. The number of hydrogen-bond donors (Lipinski definition) is 2. The maximum absolute atomic E-state index is 12.1. The molecule has 1 aliphatic heterocycles. The summed E-state index contributed by atoms with van der Waals surface area (Å²) in [7, 11) is 0. The second-order valence-corrected chi connectivity index (χ2v) is 6.43. The van der Waals surface area contributed by atoms with Gasteiger partial charge in [-0.3, -0.25) is 4.79 Å². The number of carbonyl (C=O) groups excluding carboxylic acids is 1. The van der Waals surface area contributed by atoms with Crippen LogP contribution in [0.4, 0.5) is 0 Å². The maximum atomic E-state index is 12.1. The van der Waals surface area contributed by atoms with Gasteiger partial charge >= 0.3 is 0 Å². The SMILES string of the molecule is CC1(C)C(NC(=O)C2CCCNC2)C1(C)C.Cl. The van der Waals surface area contributed by atoms with Crippen LogP contribution in [0.2, 0.25) is 0 Å². The molecule has 1 amide bonds. The summed E-state index contributed by atoms with van der Waals surface area (Å²) >= 11 is 0. The summed E-state index contributed by atoms with van der Waals surface area (Å²) in [5, 5.41) is 6.52. The third-order valence-electron chi connectivity index (χ3n) is 4.97. The van der Waals surface area contributed by atoms with E-state index in [1.807, 2.05) is 0 Å². The van der Waals surface area contributed by atoms with Crippen molar-refractivity contribution in [1.29, 1.82) is 0 Å². The second-order valence-electron chi connectivity index (χ2n) is 6.43. The number of nitrogens with one attached hydrogen (secondary N) is 2. The fourth-order valence-electron chi connectivity index (χ4n) is 2.89. The van der Waals surface area contributed by atoms with E-state index in [0.29, 0.717) is 6.04 Å². The number of halogens is 1. The molecule has 4 heteroatoms. The molecule has 17 heavy (non-hydrogen) atoms. The third-order valence-corrected chi connectivity index (χ3v) is 4.97. The van der Waals surface area contributed by atoms with Crippen LogP contribution in [0.1, 0.15) is 40.5 Å². The van der Waals surface area contributed by atoms with Crippen LogP contribution in [-0.2, 0) is 4.79 Å². The predicted octanol–water partition coefficient (Wildman–Crippen LogP) is 1.96. The van der Waals surface area contributed by atoms with E-state index >= 15 is 0 Å². The van der Waals surface area contributed by atoms with Gasteiger partial charge in [-0.25, -0.2) is 0 Å². The number of amides is 1. The maximum Gasteiger partial charge on any atom is 0.224 e. The van der Waals surface area contributed by atoms with Crippen molar-refractivity contribution in [3.05, 3.63) is 0 Å². The van der Waals surface area contributed by atoms with Crippen LogP contribution in [0.5, 0.6) is 0 Å². The highest BCUT2D eigenvalue weighted by Crippen LogP contribution is 2.62. The molecule has 100 valence electrons. The number of hydrogen-bond acceptors (Lipinski definition) is 2. The minimum atomic E-state index is 0. The van der Waals surface area contributed by atoms with Crippen LogP contribution >= 0.6 is 12.4 Å². The lowest BCUT2D eigenvalue weighted by Crippen LogP contribution is -2.42. The molecule has 1 saturated heterocycles. The molecule has 0 aromatic heterocycles. The monoisotopic (exact) mass is 260 g/mol. The van der Waals surface area contributed by atoms with Gasteiger partial charge in [0.2, 0.25) is 5.91 Å². The normalized spacial score (nSPS) is 30.2. The largest absolute Gasteiger partial charge is 0.352 e. The zero-order valence-corrected chi connectivity index (χ0v) is 12.1. The minimum Gasteiger partial charge on any atom is -0.352 e. The van der Waals surface area contributed by atoms with Gasteiger partial charge < -0.3 is 10.6 Å². The van der Waals surface area contributed by atoms with Crippen molar-refractivity contribution in [3.63, 3.8) is 0 Å². The van der Waals surface area contributed by atoms with Crippen molar-refractivity contribution in [2.45, 2.75) is 46.6 Å². The molecule has 3 nitrogen and oxygen atoms in total. The van der Waals surface area contributed by atoms with Crippen LogP contribution in [0, 0.1) is 16.7 Å². The van der Waals surface area contributed by atoms with Crippen molar-refractivity contribution in [1.82, 2.24) is 10.6 Å². The van der Waals surface area contributed by atoms with E-state index in [4.69, 9.17) is 0 Å². The molecule has 2 N–H and O–H groups in total. The van der Waals surface area contributed by atoms with E-state index in [1.54, 1.807) is 0 Å². The van der Waals surface area contributed by atoms with Crippen LogP contribution in [-0.4, -0.2) is 25.0 Å². The van der Waals surface area contributed by atoms with Crippen molar-refractivity contribution in [2.24, 2.45) is 16.7 Å². The number of rotatable bonds is 2. The summed E-state index contributed by atoms with van der Waals surface area (Å²) in [6.07, 6.45) is 2.15. The lowest BCUT2D eigenvalue weighted by atomic mass is 9.99. The molecule has 0 aromatic carbocycles. The molecule has 1 aliphatic carbocycles. The zero-order valence-electron chi connectivity index (χ0n) is 11.3. The first-order valence-electron chi connectivity index (χ1n) is 6.38. The average Bonchev–Trinajstić information content (AvgIpc) is 2.62. The summed E-state index contributed by atoms with van der Waals surface area (Å²) in [6, 6.07) is 0.342. The first kappa shape index (κ1) is 14.8. The molecule has 0 bridgehead atoms. The molecule has 0 radical (unpaired) electrons. The van der Waals surface area contributed by atoms with Crippen LogP contribution < -0.4 is 10.6 Å². The molecule has 1 unspecified atom stereocenters. The summed E-state index contributed by atoms with van der Waals surface area (Å²) in [5.41, 5.74) is 0.482. The van der Waals surface area contributed by atoms with Gasteiger partial charge in [0.1, 0.15) is 0 Å². The van der Waals surface area contributed by atoms with Gasteiger partial charge in [-0.2, -0.15) is 0 Å². The Morgan fingerprint density at radius 1 is 1.24 bits per heavy atom. The molecule has 1 atom stereocenters. The Hall–Kier alpha value is -0.280. The number of piperidine rings is 1. The van der Waals surface area contributed by atoms with E-state index in [2.05, 4.69) is 38.3 Å². The van der Waals surface area contributed by atoms with Crippen molar-refractivity contribution < 1.29 is 4.79 Å². The topological polar surface area (TPSA) is 41.1 Å². The van der Waals surface area contributed by atoms with Crippen LogP contribution in [0.3, 0.4) is 0 Å². The zero-order chi connectivity index (χ0) is 12.0. The van der Waals surface area contributed by atoms with Gasteiger partial charge in [-0.1, -0.05) is 27.7 Å². The van der Waals surface area contributed by atoms with E-state index in [-0.39, 0.29) is 35.1 Å². The second kappa shape index (κ2) is 4.77. The van der Waals surface area contributed by atoms with E-state index in [1.165, 1.54) is 0 Å². The van der Waals surface area contributed by atoms with Gasteiger partial charge in [-0.05, 0) is 30.2 Å². The Kier molecular flexibility index (Phi) is 4.15. The summed E-state index contributed by atoms with van der Waals surface area (Å²) in [5.74, 6) is 0.428. The number of carbonyl (C=O) groups is 1. The quantitative estimate of drug-likeness (QED) is 0.797. The summed E-state index contributed by atoms with van der Waals surface area (Å²) < 4.78 is 0. The molecule has 0 spiro atoms. The van der Waals surface area contributed by atoms with Crippen LogP contribution in [0.25, 0.3) is 0 Å². The highest BCUT2D eigenvalue weighted by molar-refractivity contribution is 5.85. The predicted molar refractivity (Wildman–Crippen MR) is 72.3 cm³/mol. The Bertz CT molecular complexity index is 282. The fraction of sp³-hybridized carbons (Fsp3) is 0.923. The van der Waals surface area contributed by atoms with E-state index in [0.717, 1.165) is 25.9 Å². The summed E-state index contributed by atoms with van der Waals surface area (Å²) in [6.45, 7) is 10.8. The molecule has 0 aromatic rings. The molecule has 1 heterocycles. The molecular formula is C13H25ClN2O. The molecule has 2 fully saturated rings. The average molecular weight is 261 g/mol. The van der Waals surface area contributed by atoms with Gasteiger partial charge in [0.05, 0.1) is 5.92 Å². The van der Waals surface area contributed by atoms with Crippen molar-refractivity contribution in [2.75, 3.05) is 13.1 Å². The lowest BCUT2D eigenvalue weighted by Gasteiger charge is -2.22. The highest BCUT2D eigenvalue weighted by atomic mass is 35.5. The standard InChI is InChI=1S/C13H24N2O.ClH/c1-12(2)11(13(12,3)4)15-10(16)9-6-5-7-14-8-9;/h9,11,14H,5-8H2,1-4H3,(H,15,16);1H. The Morgan fingerprint density at radius 2 is 1.82 bits per heavy atom. The summed E-state index contributed by atoms with van der Waals surface area (Å²) in [4.78, 5) is 12.1. The highest BCUT2D eigenvalue weighted by Gasteiger charge is 2.65. The Balaban J connectivity index is 0.00000144. The Labute approximate surface area is 111 Å². The van der Waals surface area contributed by atoms with Gasteiger partial charge in [0.25, 0.3) is 0 Å². The molecular weight excluding hydrogens is 236 g/mol.